The van der Waals surface area contributed by atoms with Crippen molar-refractivity contribution in [3.05, 3.63) is 49.6 Å². The van der Waals surface area contributed by atoms with Gasteiger partial charge in [-0.3, -0.25) is 4.99 Å². The molecule has 2 N–H and O–H groups in total. The summed E-state index contributed by atoms with van der Waals surface area (Å²) in [5.74, 6) is 0.541. The van der Waals surface area contributed by atoms with Gasteiger partial charge in [-0.1, -0.05) is 17.7 Å². The Bertz CT molecular complexity index is 663. The zero-order chi connectivity index (χ0) is 14.3. The molecule has 1 aliphatic rings. The SMILES string of the molecule is Cc1sc(C2CN=C(N)N2c2cccc(Cl)c2)cc1Br. The van der Waals surface area contributed by atoms with Gasteiger partial charge in [-0.05, 0) is 47.1 Å². The second-order valence-corrected chi connectivity index (χ2v) is 7.20. The van der Waals surface area contributed by atoms with Gasteiger partial charge < -0.3 is 10.6 Å². The van der Waals surface area contributed by atoms with Crippen molar-refractivity contribution >= 4 is 50.5 Å². The van der Waals surface area contributed by atoms with Crippen molar-refractivity contribution in [2.24, 2.45) is 10.7 Å². The lowest BCUT2D eigenvalue weighted by atomic mass is 10.2. The minimum absolute atomic E-state index is 0.142. The van der Waals surface area contributed by atoms with Crippen molar-refractivity contribution in [1.82, 2.24) is 0 Å². The quantitative estimate of drug-likeness (QED) is 0.854. The first-order chi connectivity index (χ1) is 9.56. The van der Waals surface area contributed by atoms with Gasteiger partial charge in [-0.25, -0.2) is 0 Å². The molecule has 20 heavy (non-hydrogen) atoms. The summed E-state index contributed by atoms with van der Waals surface area (Å²) in [7, 11) is 0. The van der Waals surface area contributed by atoms with E-state index in [9.17, 15) is 0 Å². The van der Waals surface area contributed by atoms with E-state index >= 15 is 0 Å². The third-order valence-corrected chi connectivity index (χ3v) is 5.75. The smallest absolute Gasteiger partial charge is 0.196 e. The van der Waals surface area contributed by atoms with E-state index < -0.39 is 0 Å². The molecule has 0 fully saturated rings. The molecule has 0 amide bonds. The number of anilines is 1. The minimum Gasteiger partial charge on any atom is -0.369 e. The van der Waals surface area contributed by atoms with Crippen LogP contribution in [-0.2, 0) is 0 Å². The summed E-state index contributed by atoms with van der Waals surface area (Å²) in [6.45, 7) is 2.77. The second-order valence-electron chi connectivity index (χ2n) is 4.62. The third-order valence-electron chi connectivity index (χ3n) is 3.28. The molecule has 6 heteroatoms. The molecule has 1 aliphatic heterocycles. The van der Waals surface area contributed by atoms with Crippen LogP contribution in [0.15, 0.2) is 39.8 Å². The number of thiophene rings is 1. The van der Waals surface area contributed by atoms with Crippen LogP contribution in [0, 0.1) is 6.92 Å². The zero-order valence-corrected chi connectivity index (χ0v) is 14.0. The predicted octanol–water partition coefficient (Wildman–Crippen LogP) is 4.35. The predicted molar refractivity (Wildman–Crippen MR) is 89.9 cm³/mol. The van der Waals surface area contributed by atoms with Crippen molar-refractivity contribution in [2.45, 2.75) is 13.0 Å². The first-order valence-corrected chi connectivity index (χ1v) is 8.15. The fourth-order valence-electron chi connectivity index (χ4n) is 2.30. The summed E-state index contributed by atoms with van der Waals surface area (Å²) in [5, 5.41) is 0.699. The van der Waals surface area contributed by atoms with Gasteiger partial charge in [0.2, 0.25) is 0 Å². The number of nitrogens with two attached hydrogens (primary N) is 1. The molecule has 2 heterocycles. The van der Waals surface area contributed by atoms with E-state index in [1.54, 1.807) is 11.3 Å². The molecule has 0 aliphatic carbocycles. The first-order valence-electron chi connectivity index (χ1n) is 6.17. The number of hydrogen-bond acceptors (Lipinski definition) is 4. The molecule has 0 spiro atoms. The van der Waals surface area contributed by atoms with Crippen LogP contribution in [0.25, 0.3) is 0 Å². The molecule has 0 bridgehead atoms. The molecule has 3 rings (SSSR count). The van der Waals surface area contributed by atoms with Gasteiger partial charge in [0.1, 0.15) is 0 Å². The monoisotopic (exact) mass is 369 g/mol. The summed E-state index contributed by atoms with van der Waals surface area (Å²) in [5.41, 5.74) is 7.03. The van der Waals surface area contributed by atoms with Crippen LogP contribution in [0.2, 0.25) is 5.02 Å². The molecular weight excluding hydrogens is 358 g/mol. The molecule has 2 aromatic rings. The van der Waals surface area contributed by atoms with Crippen molar-refractivity contribution in [1.29, 1.82) is 0 Å². The maximum atomic E-state index is 6.08. The van der Waals surface area contributed by atoms with E-state index in [2.05, 4.69) is 33.9 Å². The zero-order valence-electron chi connectivity index (χ0n) is 10.8. The largest absolute Gasteiger partial charge is 0.369 e. The molecule has 0 saturated heterocycles. The highest BCUT2D eigenvalue weighted by atomic mass is 79.9. The molecule has 3 nitrogen and oxygen atoms in total. The number of rotatable bonds is 2. The van der Waals surface area contributed by atoms with E-state index in [0.29, 0.717) is 17.5 Å². The van der Waals surface area contributed by atoms with Crippen LogP contribution in [-0.4, -0.2) is 12.5 Å². The van der Waals surface area contributed by atoms with Gasteiger partial charge in [-0.2, -0.15) is 0 Å². The highest BCUT2D eigenvalue weighted by Gasteiger charge is 2.30. The lowest BCUT2D eigenvalue weighted by Crippen LogP contribution is -2.35. The van der Waals surface area contributed by atoms with E-state index in [-0.39, 0.29) is 6.04 Å². The van der Waals surface area contributed by atoms with Crippen LogP contribution in [0.1, 0.15) is 15.8 Å². The van der Waals surface area contributed by atoms with E-state index in [1.165, 1.54) is 9.75 Å². The molecule has 1 unspecified atom stereocenters. The number of benzene rings is 1. The van der Waals surface area contributed by atoms with E-state index in [1.807, 2.05) is 29.2 Å². The van der Waals surface area contributed by atoms with Crippen molar-refractivity contribution in [3.63, 3.8) is 0 Å². The van der Waals surface area contributed by atoms with Crippen LogP contribution >= 0.6 is 38.9 Å². The standard InChI is InChI=1S/C14H13BrClN3S/c1-8-11(15)6-13(20-8)12-7-18-14(17)19(12)10-4-2-3-9(16)5-10/h2-6,12H,7H2,1H3,(H2,17,18). The summed E-state index contributed by atoms with van der Waals surface area (Å²) in [6.07, 6.45) is 0. The summed E-state index contributed by atoms with van der Waals surface area (Å²) >= 11 is 11.4. The third kappa shape index (κ3) is 2.45. The summed E-state index contributed by atoms with van der Waals surface area (Å²) in [6, 6.07) is 9.99. The van der Waals surface area contributed by atoms with Gasteiger partial charge in [-0.15, -0.1) is 11.3 Å². The molecule has 1 aromatic heterocycles. The van der Waals surface area contributed by atoms with Gasteiger partial charge in [0.05, 0.1) is 12.6 Å². The van der Waals surface area contributed by atoms with Crippen LogP contribution in [0.4, 0.5) is 5.69 Å². The van der Waals surface area contributed by atoms with Gasteiger partial charge in [0.15, 0.2) is 5.96 Å². The Hall–Kier alpha value is -1.04. The number of nitrogens with zero attached hydrogens (tertiary/aromatic N) is 2. The molecule has 104 valence electrons. The molecule has 1 aromatic carbocycles. The van der Waals surface area contributed by atoms with Crippen LogP contribution < -0.4 is 10.6 Å². The molecular formula is C14H13BrClN3S. The molecule has 0 saturated carbocycles. The Morgan fingerprint density at radius 1 is 1.45 bits per heavy atom. The van der Waals surface area contributed by atoms with Crippen molar-refractivity contribution in [3.8, 4) is 0 Å². The highest BCUT2D eigenvalue weighted by molar-refractivity contribution is 9.10. The van der Waals surface area contributed by atoms with E-state index in [0.717, 1.165) is 10.2 Å². The lowest BCUT2D eigenvalue weighted by Gasteiger charge is -2.25. The Morgan fingerprint density at radius 2 is 2.25 bits per heavy atom. The number of hydrogen-bond donors (Lipinski definition) is 1. The average molecular weight is 371 g/mol. The maximum absolute atomic E-state index is 6.08. The van der Waals surface area contributed by atoms with Gasteiger partial charge >= 0.3 is 0 Å². The second kappa shape index (κ2) is 5.39. The maximum Gasteiger partial charge on any atom is 0.196 e. The Labute approximate surface area is 135 Å². The fourth-order valence-corrected chi connectivity index (χ4v) is 4.13. The highest BCUT2D eigenvalue weighted by Crippen LogP contribution is 2.38. The lowest BCUT2D eigenvalue weighted by molar-refractivity contribution is 0.784. The van der Waals surface area contributed by atoms with Crippen LogP contribution in [0.3, 0.4) is 0 Å². The first kappa shape index (κ1) is 13.9. The number of aryl methyl sites for hydroxylation is 1. The van der Waals surface area contributed by atoms with Crippen molar-refractivity contribution in [2.75, 3.05) is 11.4 Å². The number of guanidine groups is 1. The Balaban J connectivity index is 2.00. The summed E-state index contributed by atoms with van der Waals surface area (Å²) < 4.78 is 1.13. The van der Waals surface area contributed by atoms with Crippen LogP contribution in [0.5, 0.6) is 0 Å². The fraction of sp³-hybridized carbons (Fsp3) is 0.214. The van der Waals surface area contributed by atoms with Crippen molar-refractivity contribution < 1.29 is 0 Å². The van der Waals surface area contributed by atoms with Gasteiger partial charge in [0, 0.05) is 24.9 Å². The Kier molecular flexibility index (Phi) is 3.75. The normalized spacial score (nSPS) is 18.4. The Morgan fingerprint density at radius 3 is 2.90 bits per heavy atom. The van der Waals surface area contributed by atoms with Gasteiger partial charge in [0.25, 0.3) is 0 Å². The number of aliphatic imine (C=N–C) groups is 1. The molecule has 1 atom stereocenters. The van der Waals surface area contributed by atoms with E-state index in [4.69, 9.17) is 17.3 Å². The summed E-state index contributed by atoms with van der Waals surface area (Å²) in [4.78, 5) is 8.94. The topological polar surface area (TPSA) is 41.6 Å². The molecule has 0 radical (unpaired) electrons. The minimum atomic E-state index is 0.142. The number of halogens is 2. The average Bonchev–Trinajstić information content (AvgIpc) is 2.93.